The summed E-state index contributed by atoms with van der Waals surface area (Å²) in [6.45, 7) is 2.67. The minimum absolute atomic E-state index is 0.0985. The molecule has 0 bridgehead atoms. The highest BCUT2D eigenvalue weighted by molar-refractivity contribution is 6.30. The molecule has 5 heteroatoms. The molecule has 1 N–H and O–H groups in total. The molecule has 144 valence electrons. The molecule has 0 fully saturated rings. The Morgan fingerprint density at radius 2 is 1.52 bits per heavy atom. The van der Waals surface area contributed by atoms with Crippen LogP contribution in [-0.4, -0.2) is 22.4 Å². The molecule has 1 amide bonds. The van der Waals surface area contributed by atoms with Crippen molar-refractivity contribution in [3.8, 4) is 22.5 Å². The van der Waals surface area contributed by atoms with Gasteiger partial charge in [-0.3, -0.25) is 4.79 Å². The summed E-state index contributed by atoms with van der Waals surface area (Å²) < 4.78 is 0. The monoisotopic (exact) mass is 401 g/mol. The Bertz CT molecular complexity index is 1160. The lowest BCUT2D eigenvalue weighted by Gasteiger charge is -2.11. The number of carbonyl (C=O) groups is 1. The minimum atomic E-state index is -0.0985. The van der Waals surface area contributed by atoms with Gasteiger partial charge in [-0.1, -0.05) is 61.0 Å². The lowest BCUT2D eigenvalue weighted by Crippen LogP contribution is -2.23. The largest absolute Gasteiger partial charge is 0.352 e. The molecule has 3 aromatic carbocycles. The first kappa shape index (κ1) is 19.1. The minimum Gasteiger partial charge on any atom is -0.352 e. The Morgan fingerprint density at radius 1 is 0.862 bits per heavy atom. The van der Waals surface area contributed by atoms with E-state index in [-0.39, 0.29) is 5.91 Å². The molecule has 4 rings (SSSR count). The van der Waals surface area contributed by atoms with Gasteiger partial charge in [0, 0.05) is 28.3 Å². The molecule has 0 aliphatic rings. The van der Waals surface area contributed by atoms with E-state index in [2.05, 4.69) is 5.32 Å². The van der Waals surface area contributed by atoms with Crippen LogP contribution >= 0.6 is 11.6 Å². The number of nitrogens with zero attached hydrogens (tertiary/aromatic N) is 2. The molecule has 0 atom stereocenters. The van der Waals surface area contributed by atoms with E-state index in [1.807, 2.05) is 67.6 Å². The zero-order valence-electron chi connectivity index (χ0n) is 16.0. The fourth-order valence-electron chi connectivity index (χ4n) is 3.14. The molecule has 29 heavy (non-hydrogen) atoms. The van der Waals surface area contributed by atoms with Crippen molar-refractivity contribution in [2.75, 3.05) is 6.54 Å². The molecular weight excluding hydrogens is 382 g/mol. The number of rotatable bonds is 5. The number of hydrogen-bond donors (Lipinski definition) is 1. The standard InChI is InChI=1S/C24H20ClN3O/c1-2-14-26-24(29)18-10-13-20-21(15-18)28-22(16-6-4-3-5-7-16)23(27-20)17-8-11-19(25)12-9-17/h3-13,15H,2,14H2,1H3,(H,26,29). The Hall–Kier alpha value is -3.24. The SMILES string of the molecule is CCCNC(=O)c1ccc2nc(-c3ccc(Cl)cc3)c(-c3ccccc3)nc2c1. The third kappa shape index (κ3) is 4.13. The Morgan fingerprint density at radius 3 is 2.21 bits per heavy atom. The highest BCUT2D eigenvalue weighted by atomic mass is 35.5. The molecule has 0 saturated heterocycles. The summed E-state index contributed by atoms with van der Waals surface area (Å²) in [6.07, 6.45) is 0.891. The van der Waals surface area contributed by atoms with E-state index in [0.29, 0.717) is 22.6 Å². The molecule has 0 aliphatic heterocycles. The van der Waals surface area contributed by atoms with E-state index in [1.165, 1.54) is 0 Å². The van der Waals surface area contributed by atoms with E-state index in [4.69, 9.17) is 21.6 Å². The van der Waals surface area contributed by atoms with Crippen molar-refractivity contribution in [3.63, 3.8) is 0 Å². The van der Waals surface area contributed by atoms with Gasteiger partial charge in [0.15, 0.2) is 0 Å². The molecule has 4 aromatic rings. The van der Waals surface area contributed by atoms with Crippen LogP contribution in [0.2, 0.25) is 5.02 Å². The maximum atomic E-state index is 12.4. The number of carbonyl (C=O) groups excluding carboxylic acids is 1. The third-order valence-electron chi connectivity index (χ3n) is 4.63. The van der Waals surface area contributed by atoms with Gasteiger partial charge in [-0.05, 0) is 36.8 Å². The van der Waals surface area contributed by atoms with Crippen LogP contribution < -0.4 is 5.32 Å². The number of hydrogen-bond acceptors (Lipinski definition) is 3. The second-order valence-corrected chi connectivity index (χ2v) is 7.19. The summed E-state index contributed by atoms with van der Waals surface area (Å²) in [5, 5.41) is 3.58. The maximum Gasteiger partial charge on any atom is 0.251 e. The van der Waals surface area contributed by atoms with Gasteiger partial charge < -0.3 is 5.32 Å². The highest BCUT2D eigenvalue weighted by Gasteiger charge is 2.14. The first-order chi connectivity index (χ1) is 14.2. The quantitative estimate of drug-likeness (QED) is 0.462. The van der Waals surface area contributed by atoms with Gasteiger partial charge in [0.1, 0.15) is 0 Å². The van der Waals surface area contributed by atoms with Gasteiger partial charge in [-0.15, -0.1) is 0 Å². The highest BCUT2D eigenvalue weighted by Crippen LogP contribution is 2.31. The molecular formula is C24H20ClN3O. The molecule has 0 aliphatic carbocycles. The van der Waals surface area contributed by atoms with Gasteiger partial charge in [0.05, 0.1) is 22.4 Å². The summed E-state index contributed by atoms with van der Waals surface area (Å²) in [5.74, 6) is -0.0985. The van der Waals surface area contributed by atoms with E-state index in [0.717, 1.165) is 34.5 Å². The molecule has 0 spiro atoms. The summed E-state index contributed by atoms with van der Waals surface area (Å²) >= 11 is 6.06. The Balaban J connectivity index is 1.88. The van der Waals surface area contributed by atoms with Crippen LogP contribution in [0.1, 0.15) is 23.7 Å². The van der Waals surface area contributed by atoms with E-state index in [1.54, 1.807) is 12.1 Å². The number of benzene rings is 3. The predicted molar refractivity (Wildman–Crippen MR) is 118 cm³/mol. The van der Waals surface area contributed by atoms with Crippen molar-refractivity contribution >= 4 is 28.5 Å². The Kier molecular flexibility index (Phi) is 5.54. The second kappa shape index (κ2) is 8.41. The van der Waals surface area contributed by atoms with Gasteiger partial charge in [-0.2, -0.15) is 0 Å². The van der Waals surface area contributed by atoms with Crippen molar-refractivity contribution in [2.45, 2.75) is 13.3 Å². The van der Waals surface area contributed by atoms with Crippen LogP contribution in [0.15, 0.2) is 72.8 Å². The zero-order chi connectivity index (χ0) is 20.2. The van der Waals surface area contributed by atoms with Crippen molar-refractivity contribution in [1.29, 1.82) is 0 Å². The topological polar surface area (TPSA) is 54.9 Å². The van der Waals surface area contributed by atoms with Crippen LogP contribution in [0.25, 0.3) is 33.5 Å². The van der Waals surface area contributed by atoms with Gasteiger partial charge in [-0.25, -0.2) is 9.97 Å². The number of halogens is 1. The second-order valence-electron chi connectivity index (χ2n) is 6.75. The van der Waals surface area contributed by atoms with E-state index >= 15 is 0 Å². The summed E-state index contributed by atoms with van der Waals surface area (Å²) in [6, 6.07) is 22.9. The van der Waals surface area contributed by atoms with Gasteiger partial charge in [0.25, 0.3) is 5.91 Å². The average molecular weight is 402 g/mol. The van der Waals surface area contributed by atoms with Crippen molar-refractivity contribution < 1.29 is 4.79 Å². The predicted octanol–water partition coefficient (Wildman–Crippen LogP) is 5.76. The smallest absolute Gasteiger partial charge is 0.251 e. The summed E-state index contributed by atoms with van der Waals surface area (Å²) in [4.78, 5) is 22.1. The van der Waals surface area contributed by atoms with Crippen LogP contribution in [0.4, 0.5) is 0 Å². The van der Waals surface area contributed by atoms with Crippen LogP contribution in [0.5, 0.6) is 0 Å². The Labute approximate surface area is 174 Å². The molecule has 1 heterocycles. The number of amides is 1. The number of fused-ring (bicyclic) bond motifs is 1. The molecule has 0 saturated carbocycles. The van der Waals surface area contributed by atoms with Crippen molar-refractivity contribution in [2.24, 2.45) is 0 Å². The zero-order valence-corrected chi connectivity index (χ0v) is 16.8. The summed E-state index contributed by atoms with van der Waals surface area (Å²) in [7, 11) is 0. The van der Waals surface area contributed by atoms with Crippen molar-refractivity contribution in [3.05, 3.63) is 83.4 Å². The maximum absolute atomic E-state index is 12.4. The van der Waals surface area contributed by atoms with Crippen LogP contribution in [-0.2, 0) is 0 Å². The van der Waals surface area contributed by atoms with Gasteiger partial charge >= 0.3 is 0 Å². The third-order valence-corrected chi connectivity index (χ3v) is 4.88. The molecule has 4 nitrogen and oxygen atoms in total. The van der Waals surface area contributed by atoms with E-state index < -0.39 is 0 Å². The van der Waals surface area contributed by atoms with Crippen LogP contribution in [0, 0.1) is 0 Å². The fraction of sp³-hybridized carbons (Fsp3) is 0.125. The molecule has 0 radical (unpaired) electrons. The molecule has 0 unspecified atom stereocenters. The van der Waals surface area contributed by atoms with Gasteiger partial charge in [0.2, 0.25) is 0 Å². The normalized spacial score (nSPS) is 10.8. The number of nitrogens with one attached hydrogen (secondary N) is 1. The summed E-state index contributed by atoms with van der Waals surface area (Å²) in [5.41, 5.74) is 5.46. The fourth-order valence-corrected chi connectivity index (χ4v) is 3.27. The lowest BCUT2D eigenvalue weighted by atomic mass is 10.0. The molecule has 1 aromatic heterocycles. The average Bonchev–Trinajstić information content (AvgIpc) is 2.77. The first-order valence-corrected chi connectivity index (χ1v) is 9.95. The van der Waals surface area contributed by atoms with E-state index in [9.17, 15) is 4.79 Å². The van der Waals surface area contributed by atoms with Crippen molar-refractivity contribution in [1.82, 2.24) is 15.3 Å². The first-order valence-electron chi connectivity index (χ1n) is 9.57. The van der Waals surface area contributed by atoms with Crippen LogP contribution in [0.3, 0.4) is 0 Å². The number of aromatic nitrogens is 2. The lowest BCUT2D eigenvalue weighted by molar-refractivity contribution is 0.0954.